The fraction of sp³-hybridized carbons (Fsp3) is 0.250. The number of rotatable bonds is 4. The molecule has 0 saturated heterocycles. The van der Waals surface area contributed by atoms with Crippen LogP contribution in [0.25, 0.3) is 0 Å². The molecule has 5 nitrogen and oxygen atoms in total. The first kappa shape index (κ1) is 15.7. The van der Waals surface area contributed by atoms with Gasteiger partial charge in [-0.3, -0.25) is 9.59 Å². The van der Waals surface area contributed by atoms with E-state index in [4.69, 9.17) is 10.8 Å². The fourth-order valence-corrected chi connectivity index (χ4v) is 1.86. The number of amides is 1. The third-order valence-electron chi connectivity index (χ3n) is 2.62. The molecule has 108 valence electrons. The molecule has 1 atom stereocenters. The molecule has 0 aliphatic heterocycles. The molecule has 0 aliphatic rings. The van der Waals surface area contributed by atoms with E-state index in [-0.39, 0.29) is 0 Å². The number of benzene rings is 1. The summed E-state index contributed by atoms with van der Waals surface area (Å²) < 4.78 is 38.4. The van der Waals surface area contributed by atoms with Crippen molar-refractivity contribution in [1.82, 2.24) is 0 Å². The molecule has 3 N–H and O–H groups in total. The summed E-state index contributed by atoms with van der Waals surface area (Å²) >= 11 is 0. The quantitative estimate of drug-likeness (QED) is 0.822. The monoisotopic (exact) mass is 289 g/mol. The number of carboxylic acids is 1. The van der Waals surface area contributed by atoms with Gasteiger partial charge in [0.1, 0.15) is 11.7 Å². The number of alkyl halides is 3. The van der Waals surface area contributed by atoms with Gasteiger partial charge in [-0.15, -0.1) is 0 Å². The number of carbonyl (C=O) groups is 3. The van der Waals surface area contributed by atoms with Gasteiger partial charge in [0.05, 0.1) is 11.1 Å². The molecule has 0 bridgehead atoms. The topological polar surface area (TPSA) is 97.5 Å². The third-order valence-corrected chi connectivity index (χ3v) is 2.62. The summed E-state index contributed by atoms with van der Waals surface area (Å²) in [5.41, 5.74) is 1.83. The molecule has 1 amide bonds. The van der Waals surface area contributed by atoms with Gasteiger partial charge in [-0.2, -0.15) is 13.2 Å². The highest BCUT2D eigenvalue weighted by molar-refractivity contribution is 6.07. The van der Waals surface area contributed by atoms with E-state index in [2.05, 4.69) is 0 Å². The maximum atomic E-state index is 12.8. The molecule has 20 heavy (non-hydrogen) atoms. The van der Waals surface area contributed by atoms with E-state index >= 15 is 0 Å². The molecule has 0 aromatic heterocycles. The standard InChI is InChI=1S/C12H10F3NO4/c1-5(17)8(10(16)18)6-3-2-4-7(12(13,14)15)9(6)11(19)20/h2-4,8H,1H3,(H2,16,18)(H,19,20). The zero-order valence-corrected chi connectivity index (χ0v) is 10.2. The first-order chi connectivity index (χ1) is 9.07. The number of hydrogen-bond donors (Lipinski definition) is 2. The van der Waals surface area contributed by atoms with E-state index in [1.807, 2.05) is 0 Å². The van der Waals surface area contributed by atoms with E-state index in [0.717, 1.165) is 19.1 Å². The number of nitrogens with two attached hydrogens (primary N) is 1. The van der Waals surface area contributed by atoms with Crippen LogP contribution < -0.4 is 5.73 Å². The van der Waals surface area contributed by atoms with Crippen molar-refractivity contribution < 1.29 is 32.7 Å². The molecular formula is C12H10F3NO4. The molecule has 0 saturated carbocycles. The van der Waals surface area contributed by atoms with Crippen molar-refractivity contribution in [3.05, 3.63) is 34.9 Å². The first-order valence-electron chi connectivity index (χ1n) is 5.30. The van der Waals surface area contributed by atoms with Crippen molar-refractivity contribution in [2.24, 2.45) is 5.73 Å². The summed E-state index contributed by atoms with van der Waals surface area (Å²) in [6.07, 6.45) is -4.93. The van der Waals surface area contributed by atoms with Gasteiger partial charge >= 0.3 is 12.1 Å². The third kappa shape index (κ3) is 2.95. The summed E-state index contributed by atoms with van der Waals surface area (Å²) in [6.45, 7) is 0.946. The second-order valence-corrected chi connectivity index (χ2v) is 4.02. The number of ketones is 1. The highest BCUT2D eigenvalue weighted by atomic mass is 19.4. The van der Waals surface area contributed by atoms with Crippen molar-refractivity contribution in [1.29, 1.82) is 0 Å². The average molecular weight is 289 g/mol. The van der Waals surface area contributed by atoms with Gasteiger partial charge in [0.15, 0.2) is 0 Å². The average Bonchev–Trinajstić information content (AvgIpc) is 2.26. The van der Waals surface area contributed by atoms with Crippen molar-refractivity contribution >= 4 is 17.7 Å². The zero-order valence-electron chi connectivity index (χ0n) is 10.2. The Kier molecular flexibility index (Phi) is 4.17. The van der Waals surface area contributed by atoms with Crippen molar-refractivity contribution in [3.8, 4) is 0 Å². The lowest BCUT2D eigenvalue weighted by atomic mass is 9.88. The molecular weight excluding hydrogens is 279 g/mol. The molecule has 0 spiro atoms. The number of Topliss-reactive ketones (excluding diaryl/α,β-unsaturated/α-hetero) is 1. The number of carbonyl (C=O) groups excluding carboxylic acids is 2. The van der Waals surface area contributed by atoms with Crippen molar-refractivity contribution in [3.63, 3.8) is 0 Å². The lowest BCUT2D eigenvalue weighted by Gasteiger charge is -2.17. The lowest BCUT2D eigenvalue weighted by Crippen LogP contribution is -2.29. The van der Waals surface area contributed by atoms with Gasteiger partial charge in [-0.05, 0) is 18.6 Å². The Hall–Kier alpha value is -2.38. The number of halogens is 3. The Balaban J connectivity index is 3.67. The van der Waals surface area contributed by atoms with Gasteiger partial charge in [-0.25, -0.2) is 4.79 Å². The maximum Gasteiger partial charge on any atom is 0.417 e. The SMILES string of the molecule is CC(=O)C(C(N)=O)c1cccc(C(F)(F)F)c1C(=O)O. The molecule has 1 rings (SSSR count). The van der Waals surface area contributed by atoms with Crippen LogP contribution in [0, 0.1) is 0 Å². The van der Waals surface area contributed by atoms with E-state index in [0.29, 0.717) is 6.07 Å². The van der Waals surface area contributed by atoms with Crippen LogP contribution in [-0.4, -0.2) is 22.8 Å². The summed E-state index contributed by atoms with van der Waals surface area (Å²) in [4.78, 5) is 33.6. The summed E-state index contributed by atoms with van der Waals surface area (Å²) in [5.74, 6) is -5.66. The van der Waals surface area contributed by atoms with Crippen molar-refractivity contribution in [2.45, 2.75) is 19.0 Å². The molecule has 0 heterocycles. The second kappa shape index (κ2) is 5.32. The van der Waals surface area contributed by atoms with Crippen LogP contribution in [0.3, 0.4) is 0 Å². The van der Waals surface area contributed by atoms with E-state index in [1.54, 1.807) is 0 Å². The van der Waals surface area contributed by atoms with Crippen LogP contribution in [0.1, 0.15) is 34.3 Å². The van der Waals surface area contributed by atoms with Crippen LogP contribution in [0.4, 0.5) is 13.2 Å². The largest absolute Gasteiger partial charge is 0.478 e. The van der Waals surface area contributed by atoms with E-state index in [1.165, 1.54) is 0 Å². The van der Waals surface area contributed by atoms with Gasteiger partial charge in [0.2, 0.25) is 5.91 Å². The molecule has 0 aliphatic carbocycles. The van der Waals surface area contributed by atoms with Gasteiger partial charge < -0.3 is 10.8 Å². The predicted octanol–water partition coefficient (Wildman–Crippen LogP) is 1.56. The minimum atomic E-state index is -4.93. The Morgan fingerprint density at radius 1 is 1.25 bits per heavy atom. The molecule has 0 fully saturated rings. The minimum Gasteiger partial charge on any atom is -0.478 e. The van der Waals surface area contributed by atoms with E-state index in [9.17, 15) is 27.6 Å². The molecule has 1 unspecified atom stereocenters. The van der Waals surface area contributed by atoms with Crippen LogP contribution in [-0.2, 0) is 15.8 Å². The summed E-state index contributed by atoms with van der Waals surface area (Å²) in [5, 5.41) is 8.96. The smallest absolute Gasteiger partial charge is 0.417 e. The normalized spacial score (nSPS) is 12.8. The first-order valence-corrected chi connectivity index (χ1v) is 5.30. The predicted molar refractivity (Wildman–Crippen MR) is 61.0 cm³/mol. The minimum absolute atomic E-state index is 0.561. The highest BCUT2D eigenvalue weighted by Gasteiger charge is 2.39. The van der Waals surface area contributed by atoms with Crippen LogP contribution >= 0.6 is 0 Å². The number of hydrogen-bond acceptors (Lipinski definition) is 3. The molecule has 8 heteroatoms. The lowest BCUT2D eigenvalue weighted by molar-refractivity contribution is -0.138. The Morgan fingerprint density at radius 2 is 1.80 bits per heavy atom. The van der Waals surface area contributed by atoms with Crippen LogP contribution in [0.15, 0.2) is 18.2 Å². The van der Waals surface area contributed by atoms with Gasteiger partial charge in [-0.1, -0.05) is 12.1 Å². The zero-order chi connectivity index (χ0) is 15.7. The Morgan fingerprint density at radius 3 is 2.15 bits per heavy atom. The number of aromatic carboxylic acids is 1. The number of primary amides is 1. The Bertz CT molecular complexity index is 567. The van der Waals surface area contributed by atoms with Crippen molar-refractivity contribution in [2.75, 3.05) is 0 Å². The summed E-state index contributed by atoms with van der Waals surface area (Å²) in [6, 6.07) is 2.45. The molecule has 1 aromatic rings. The number of carboxylic acid groups (broad SMARTS) is 1. The van der Waals surface area contributed by atoms with Crippen LogP contribution in [0.5, 0.6) is 0 Å². The van der Waals surface area contributed by atoms with Crippen LogP contribution in [0.2, 0.25) is 0 Å². The van der Waals surface area contributed by atoms with Gasteiger partial charge in [0, 0.05) is 0 Å². The maximum absolute atomic E-state index is 12.8. The fourth-order valence-electron chi connectivity index (χ4n) is 1.86. The van der Waals surface area contributed by atoms with E-state index < -0.39 is 46.4 Å². The highest BCUT2D eigenvalue weighted by Crippen LogP contribution is 2.35. The molecule has 0 radical (unpaired) electrons. The summed E-state index contributed by atoms with van der Waals surface area (Å²) in [7, 11) is 0. The molecule has 1 aromatic carbocycles. The van der Waals surface area contributed by atoms with Gasteiger partial charge in [0.25, 0.3) is 0 Å². The second-order valence-electron chi connectivity index (χ2n) is 4.02. The Labute approximate surface area is 111 Å².